The van der Waals surface area contributed by atoms with E-state index in [1.807, 2.05) is 41.5 Å². The molecule has 2 fully saturated rings. The summed E-state index contributed by atoms with van der Waals surface area (Å²) in [5.74, 6) is -1.57. The maximum absolute atomic E-state index is 12.6. The zero-order chi connectivity index (χ0) is 37.5. The van der Waals surface area contributed by atoms with Gasteiger partial charge in [-0.3, -0.25) is 48.2 Å². The third-order valence-corrected chi connectivity index (χ3v) is 10.4. The highest BCUT2D eigenvalue weighted by Crippen LogP contribution is 2.29. The van der Waals surface area contributed by atoms with Gasteiger partial charge in [-0.15, -0.1) is 23.5 Å². The molecule has 0 bridgehead atoms. The molecule has 14 nitrogen and oxygen atoms in total. The number of ketones is 2. The fraction of sp³-hybridized carbons (Fsp3) is 0.765. The number of imide groups is 2. The van der Waals surface area contributed by atoms with E-state index in [0.717, 1.165) is 9.80 Å². The second-order valence-corrected chi connectivity index (χ2v) is 16.6. The van der Waals surface area contributed by atoms with Crippen molar-refractivity contribution in [2.24, 2.45) is 10.8 Å². The number of nitrogens with zero attached hydrogens (tertiary/aromatic N) is 2. The standard InChI is InChI=1S/C34H54N4O10S2/c1-33(2,3)25(39)21-49-23-19-29(43)37(31(23)45)13-9-27(41)35-11-7-15-47-16-8-17-48-18-12-36-28(42)10-14-38-30(44)20-24(32(38)46)50-22-26(40)34(4,5)6/h23-24H,7-22H2,1-6H3,(H,35,41)(H,36,42). The first-order valence-corrected chi connectivity index (χ1v) is 19.2. The number of ether oxygens (including phenoxy) is 2. The van der Waals surface area contributed by atoms with Gasteiger partial charge in [-0.05, 0) is 12.8 Å². The quantitative estimate of drug-likeness (QED) is 0.114. The maximum Gasteiger partial charge on any atom is 0.242 e. The predicted octanol–water partition coefficient (Wildman–Crippen LogP) is 1.76. The maximum atomic E-state index is 12.6. The molecule has 0 saturated carbocycles. The van der Waals surface area contributed by atoms with E-state index in [0.29, 0.717) is 45.8 Å². The molecule has 2 aliphatic rings. The first kappa shape index (κ1) is 43.3. The zero-order valence-electron chi connectivity index (χ0n) is 30.3. The first-order chi connectivity index (χ1) is 23.4. The molecular weight excluding hydrogens is 689 g/mol. The smallest absolute Gasteiger partial charge is 0.242 e. The van der Waals surface area contributed by atoms with E-state index in [1.165, 1.54) is 23.5 Å². The number of hydrogen-bond acceptors (Lipinski definition) is 12. The molecule has 2 unspecified atom stereocenters. The van der Waals surface area contributed by atoms with Crippen LogP contribution in [0.1, 0.15) is 80.1 Å². The summed E-state index contributed by atoms with van der Waals surface area (Å²) in [5.41, 5.74) is -1.02. The number of carbonyl (C=O) groups excluding carboxylic acids is 8. The number of rotatable bonds is 23. The average molecular weight is 743 g/mol. The highest BCUT2D eigenvalue weighted by atomic mass is 32.2. The van der Waals surface area contributed by atoms with Crippen LogP contribution in [0.4, 0.5) is 0 Å². The minimum absolute atomic E-state index is 0.00103. The molecule has 2 saturated heterocycles. The molecule has 0 aromatic rings. The molecule has 50 heavy (non-hydrogen) atoms. The number of Topliss-reactive ketones (excluding diaryl/α,β-unsaturated/α-hetero) is 2. The number of thioether (sulfide) groups is 2. The van der Waals surface area contributed by atoms with Gasteiger partial charge >= 0.3 is 0 Å². The molecule has 0 aliphatic carbocycles. The van der Waals surface area contributed by atoms with Crippen molar-refractivity contribution in [1.29, 1.82) is 0 Å². The Morgan fingerprint density at radius 3 is 1.48 bits per heavy atom. The molecule has 16 heteroatoms. The summed E-state index contributed by atoms with van der Waals surface area (Å²) in [6.07, 6.45) is 1.30. The van der Waals surface area contributed by atoms with Crippen molar-refractivity contribution in [3.63, 3.8) is 0 Å². The number of carbonyl (C=O) groups is 8. The zero-order valence-corrected chi connectivity index (χ0v) is 31.9. The van der Waals surface area contributed by atoms with Crippen molar-refractivity contribution in [2.45, 2.75) is 90.6 Å². The second kappa shape index (κ2) is 20.9. The van der Waals surface area contributed by atoms with Crippen LogP contribution in [0.5, 0.6) is 0 Å². The van der Waals surface area contributed by atoms with Crippen LogP contribution >= 0.6 is 23.5 Å². The first-order valence-electron chi connectivity index (χ1n) is 17.1. The lowest BCUT2D eigenvalue weighted by Gasteiger charge is -2.17. The summed E-state index contributed by atoms with van der Waals surface area (Å²) in [6, 6.07) is 0. The number of amides is 6. The molecule has 2 atom stereocenters. The Morgan fingerprint density at radius 1 is 0.640 bits per heavy atom. The third kappa shape index (κ3) is 15.2. The Bertz CT molecular complexity index is 1150. The summed E-state index contributed by atoms with van der Waals surface area (Å²) in [6.45, 7) is 13.2. The highest BCUT2D eigenvalue weighted by molar-refractivity contribution is 8.01. The summed E-state index contributed by atoms with van der Waals surface area (Å²) >= 11 is 2.36. The molecule has 282 valence electrons. The average Bonchev–Trinajstić information content (AvgIpc) is 3.46. The molecule has 2 N–H and O–H groups in total. The Kier molecular flexibility index (Phi) is 18.1. The van der Waals surface area contributed by atoms with Crippen molar-refractivity contribution in [2.75, 3.05) is 64.1 Å². The second-order valence-electron chi connectivity index (χ2n) is 14.3. The van der Waals surface area contributed by atoms with E-state index in [1.54, 1.807) is 0 Å². The Morgan fingerprint density at radius 2 is 1.04 bits per heavy atom. The molecule has 0 aromatic heterocycles. The lowest BCUT2D eigenvalue weighted by Crippen LogP contribution is -2.36. The minimum atomic E-state index is -0.592. The number of hydrogen-bond donors (Lipinski definition) is 2. The van der Waals surface area contributed by atoms with Gasteiger partial charge in [-0.1, -0.05) is 41.5 Å². The summed E-state index contributed by atoms with van der Waals surface area (Å²) < 4.78 is 11.0. The van der Waals surface area contributed by atoms with Crippen molar-refractivity contribution in [3.05, 3.63) is 0 Å². The molecule has 0 radical (unpaired) electrons. The van der Waals surface area contributed by atoms with E-state index in [-0.39, 0.29) is 104 Å². The monoisotopic (exact) mass is 742 g/mol. The van der Waals surface area contributed by atoms with E-state index in [4.69, 9.17) is 9.47 Å². The van der Waals surface area contributed by atoms with Crippen LogP contribution in [0.3, 0.4) is 0 Å². The van der Waals surface area contributed by atoms with Gasteiger partial charge in [0.15, 0.2) is 0 Å². The van der Waals surface area contributed by atoms with Crippen LogP contribution in [0.25, 0.3) is 0 Å². The number of nitrogens with one attached hydrogen (secondary N) is 2. The highest BCUT2D eigenvalue weighted by Gasteiger charge is 2.40. The van der Waals surface area contributed by atoms with Crippen molar-refractivity contribution in [1.82, 2.24) is 20.4 Å². The van der Waals surface area contributed by atoms with Gasteiger partial charge < -0.3 is 20.1 Å². The van der Waals surface area contributed by atoms with Gasteiger partial charge in [-0.25, -0.2) is 0 Å². The SMILES string of the molecule is CC(C)(C)C(=O)CSC1CC(=O)N(CCC(=O)NCCCOCCCOCCNC(=O)CCN2C(=O)CC(SCC(=O)C(C)(C)C)C2=O)C1=O. The van der Waals surface area contributed by atoms with Gasteiger partial charge in [0.2, 0.25) is 35.4 Å². The predicted molar refractivity (Wildman–Crippen MR) is 190 cm³/mol. The molecule has 2 heterocycles. The van der Waals surface area contributed by atoms with Gasteiger partial charge in [0.1, 0.15) is 11.6 Å². The topological polar surface area (TPSA) is 186 Å². The van der Waals surface area contributed by atoms with Crippen LogP contribution in [-0.4, -0.2) is 131 Å². The molecule has 6 amide bonds. The van der Waals surface area contributed by atoms with E-state index in [2.05, 4.69) is 10.6 Å². The Labute approximate surface area is 303 Å². The molecule has 2 aliphatic heterocycles. The van der Waals surface area contributed by atoms with Crippen molar-refractivity contribution < 1.29 is 47.8 Å². The summed E-state index contributed by atoms with van der Waals surface area (Å²) in [5, 5.41) is 4.28. The van der Waals surface area contributed by atoms with Crippen LogP contribution in [-0.2, 0) is 47.8 Å². The number of likely N-dealkylation sites (tertiary alicyclic amines) is 2. The molecule has 2 rings (SSSR count). The van der Waals surface area contributed by atoms with Crippen LogP contribution < -0.4 is 10.6 Å². The van der Waals surface area contributed by atoms with Crippen LogP contribution in [0.15, 0.2) is 0 Å². The van der Waals surface area contributed by atoms with Gasteiger partial charge in [-0.2, -0.15) is 0 Å². The van der Waals surface area contributed by atoms with Crippen LogP contribution in [0, 0.1) is 10.8 Å². The van der Waals surface area contributed by atoms with Crippen molar-refractivity contribution >= 4 is 70.5 Å². The minimum Gasteiger partial charge on any atom is -0.381 e. The fourth-order valence-corrected chi connectivity index (χ4v) is 7.19. The van der Waals surface area contributed by atoms with Gasteiger partial charge in [0, 0.05) is 82.5 Å². The Balaban J connectivity index is 1.43. The largest absolute Gasteiger partial charge is 0.381 e. The third-order valence-electron chi connectivity index (χ3n) is 7.97. The van der Waals surface area contributed by atoms with E-state index < -0.39 is 21.3 Å². The molecular formula is C34H54N4O10S2. The summed E-state index contributed by atoms with van der Waals surface area (Å²) in [4.78, 5) is 101. The lowest BCUT2D eigenvalue weighted by atomic mass is 9.92. The van der Waals surface area contributed by atoms with Gasteiger partial charge in [0.25, 0.3) is 0 Å². The lowest BCUT2D eigenvalue weighted by molar-refractivity contribution is -0.140. The van der Waals surface area contributed by atoms with E-state index in [9.17, 15) is 38.4 Å². The van der Waals surface area contributed by atoms with Crippen molar-refractivity contribution in [3.8, 4) is 0 Å². The molecule has 0 aromatic carbocycles. The van der Waals surface area contributed by atoms with Gasteiger partial charge in [0.05, 0.1) is 28.6 Å². The fourth-order valence-electron chi connectivity index (χ4n) is 4.56. The normalized spacial score (nSPS) is 18.3. The van der Waals surface area contributed by atoms with Crippen LogP contribution in [0.2, 0.25) is 0 Å². The summed E-state index contributed by atoms with van der Waals surface area (Å²) in [7, 11) is 0. The Hall–Kier alpha value is -2.82. The van der Waals surface area contributed by atoms with E-state index >= 15 is 0 Å². The molecule has 0 spiro atoms.